The molecule has 1 aromatic carbocycles. The average Bonchev–Trinajstić information content (AvgIpc) is 2.36. The van der Waals surface area contributed by atoms with E-state index < -0.39 is 23.9 Å². The van der Waals surface area contributed by atoms with E-state index in [1.54, 1.807) is 0 Å². The van der Waals surface area contributed by atoms with Crippen molar-refractivity contribution in [3.05, 3.63) is 40.9 Å². The highest BCUT2D eigenvalue weighted by Gasteiger charge is 2.21. The van der Waals surface area contributed by atoms with Crippen LogP contribution in [0.15, 0.2) is 35.3 Å². The number of carboxylic acids is 1. The zero-order valence-corrected chi connectivity index (χ0v) is 12.8. The van der Waals surface area contributed by atoms with E-state index in [2.05, 4.69) is 27.8 Å². The first-order valence-corrected chi connectivity index (χ1v) is 6.74. The van der Waals surface area contributed by atoms with Gasteiger partial charge in [-0.3, -0.25) is 9.59 Å². The Morgan fingerprint density at radius 3 is 2.62 bits per heavy atom. The molecule has 1 atom stereocenters. The Labute approximate surface area is 129 Å². The number of carbonyl (C=O) groups excluding carboxylic acids is 2. The van der Waals surface area contributed by atoms with Crippen LogP contribution in [0.2, 0.25) is 0 Å². The van der Waals surface area contributed by atoms with Crippen LogP contribution in [-0.4, -0.2) is 29.0 Å². The number of benzene rings is 1. The zero-order valence-electron chi connectivity index (χ0n) is 11.3. The number of carbonyl (C=O) groups is 3. The molecule has 0 unspecified atom stereocenters. The van der Waals surface area contributed by atoms with Gasteiger partial charge in [0.2, 0.25) is 0 Å². The van der Waals surface area contributed by atoms with Gasteiger partial charge < -0.3 is 15.2 Å². The third-order valence-electron chi connectivity index (χ3n) is 2.39. The van der Waals surface area contributed by atoms with Crippen LogP contribution in [0.1, 0.15) is 23.7 Å². The maximum Gasteiger partial charge on any atom is 0.326 e. The summed E-state index contributed by atoms with van der Waals surface area (Å²) in [5.74, 6) is -2.04. The van der Waals surface area contributed by atoms with Gasteiger partial charge >= 0.3 is 11.9 Å². The fraction of sp³-hybridized carbons (Fsp3) is 0.214. The highest BCUT2D eigenvalue weighted by atomic mass is 79.9. The van der Waals surface area contributed by atoms with Crippen LogP contribution in [0.5, 0.6) is 5.75 Å². The first kappa shape index (κ1) is 16.9. The van der Waals surface area contributed by atoms with E-state index in [1.165, 1.54) is 31.2 Å². The molecule has 0 bridgehead atoms. The average molecular weight is 356 g/mol. The van der Waals surface area contributed by atoms with E-state index in [0.29, 0.717) is 4.48 Å². The van der Waals surface area contributed by atoms with Gasteiger partial charge in [-0.15, -0.1) is 0 Å². The van der Waals surface area contributed by atoms with E-state index >= 15 is 0 Å². The van der Waals surface area contributed by atoms with E-state index in [0.717, 1.165) is 0 Å². The Kier molecular flexibility index (Phi) is 6.10. The van der Waals surface area contributed by atoms with Gasteiger partial charge in [-0.05, 0) is 22.7 Å². The number of nitrogens with one attached hydrogen (secondary N) is 1. The van der Waals surface area contributed by atoms with Gasteiger partial charge in [0.1, 0.15) is 11.8 Å². The fourth-order valence-corrected chi connectivity index (χ4v) is 1.85. The number of aliphatic carboxylic acids is 1. The minimum Gasteiger partial charge on any atom is -0.480 e. The van der Waals surface area contributed by atoms with Gasteiger partial charge in [0.25, 0.3) is 5.91 Å². The molecule has 1 aromatic rings. The number of ether oxygens (including phenoxy) is 1. The molecular formula is C14H14BrNO5. The second-order valence-electron chi connectivity index (χ2n) is 4.21. The van der Waals surface area contributed by atoms with Crippen LogP contribution < -0.4 is 10.1 Å². The fourth-order valence-electron chi connectivity index (χ4n) is 1.53. The topological polar surface area (TPSA) is 92.7 Å². The lowest BCUT2D eigenvalue weighted by atomic mass is 10.1. The van der Waals surface area contributed by atoms with E-state index in [9.17, 15) is 14.4 Å². The van der Waals surface area contributed by atoms with Crippen molar-refractivity contribution >= 4 is 33.8 Å². The summed E-state index contributed by atoms with van der Waals surface area (Å²) in [6.07, 6.45) is 0.0602. The molecule has 0 saturated heterocycles. The lowest BCUT2D eigenvalue weighted by Gasteiger charge is -2.14. The van der Waals surface area contributed by atoms with E-state index in [4.69, 9.17) is 9.84 Å². The molecule has 0 aromatic heterocycles. The Balaban J connectivity index is 2.84. The molecule has 0 saturated carbocycles. The number of hydrogen-bond donors (Lipinski definition) is 2. The molecule has 0 aliphatic heterocycles. The minimum absolute atomic E-state index is 0.0602. The number of hydrogen-bond acceptors (Lipinski definition) is 4. The van der Waals surface area contributed by atoms with Gasteiger partial charge in [0.15, 0.2) is 0 Å². The molecule has 0 fully saturated rings. The SMILES string of the molecule is C=C(Br)C[C@H](NC(=O)c1cccc(OC(C)=O)c1)C(=O)O. The summed E-state index contributed by atoms with van der Waals surface area (Å²) in [6.45, 7) is 4.79. The highest BCUT2D eigenvalue weighted by Crippen LogP contribution is 2.15. The molecule has 21 heavy (non-hydrogen) atoms. The summed E-state index contributed by atoms with van der Waals surface area (Å²) >= 11 is 3.06. The molecule has 0 heterocycles. The third-order valence-corrected chi connectivity index (χ3v) is 2.71. The Morgan fingerprint density at radius 1 is 1.43 bits per heavy atom. The standard InChI is InChI=1S/C14H14BrNO5/c1-8(15)6-12(14(19)20)16-13(18)10-4-3-5-11(7-10)21-9(2)17/h3-5,7,12H,1,6H2,2H3,(H,16,18)(H,19,20)/t12-/m0/s1. The summed E-state index contributed by atoms with van der Waals surface area (Å²) in [5, 5.41) is 11.4. The molecule has 0 radical (unpaired) electrons. The Bertz CT molecular complexity index is 584. The smallest absolute Gasteiger partial charge is 0.326 e. The second kappa shape index (κ2) is 7.58. The summed E-state index contributed by atoms with van der Waals surface area (Å²) in [7, 11) is 0. The molecule has 2 N–H and O–H groups in total. The minimum atomic E-state index is -1.17. The predicted octanol–water partition coefficient (Wildman–Crippen LogP) is 2.09. The number of esters is 1. The molecule has 0 aliphatic rings. The molecule has 7 heteroatoms. The van der Waals surface area contributed by atoms with Gasteiger partial charge in [0.05, 0.1) is 0 Å². The van der Waals surface area contributed by atoms with Gasteiger partial charge in [-0.2, -0.15) is 0 Å². The second-order valence-corrected chi connectivity index (χ2v) is 5.33. The Hall–Kier alpha value is -2.15. The van der Waals surface area contributed by atoms with Gasteiger partial charge in [0, 0.05) is 18.9 Å². The summed E-state index contributed by atoms with van der Waals surface area (Å²) in [4.78, 5) is 34.0. The summed E-state index contributed by atoms with van der Waals surface area (Å²) in [5.41, 5.74) is 0.195. The quantitative estimate of drug-likeness (QED) is 0.602. The highest BCUT2D eigenvalue weighted by molar-refractivity contribution is 9.11. The monoisotopic (exact) mass is 355 g/mol. The summed E-state index contributed by atoms with van der Waals surface area (Å²) < 4.78 is 5.33. The normalized spacial score (nSPS) is 11.3. The van der Waals surface area contributed by atoms with Crippen molar-refractivity contribution in [2.24, 2.45) is 0 Å². The molecule has 1 rings (SSSR count). The van der Waals surface area contributed by atoms with Crippen molar-refractivity contribution in [3.8, 4) is 5.75 Å². The number of rotatable bonds is 6. The summed E-state index contributed by atoms with van der Waals surface area (Å²) in [6, 6.07) is 4.81. The number of halogens is 1. The van der Waals surface area contributed by atoms with Crippen LogP contribution in [0, 0.1) is 0 Å². The lowest BCUT2D eigenvalue weighted by molar-refractivity contribution is -0.139. The maximum absolute atomic E-state index is 12.0. The van der Waals surface area contributed by atoms with Crippen molar-refractivity contribution in [2.45, 2.75) is 19.4 Å². The molecule has 112 valence electrons. The molecule has 6 nitrogen and oxygen atoms in total. The van der Waals surface area contributed by atoms with Crippen LogP contribution >= 0.6 is 15.9 Å². The van der Waals surface area contributed by atoms with Crippen molar-refractivity contribution in [1.82, 2.24) is 5.32 Å². The molecular weight excluding hydrogens is 342 g/mol. The number of carboxylic acid groups (broad SMARTS) is 1. The van der Waals surface area contributed by atoms with E-state index in [1.807, 2.05) is 0 Å². The predicted molar refractivity (Wildman–Crippen MR) is 79.3 cm³/mol. The van der Waals surface area contributed by atoms with Gasteiger partial charge in [-0.1, -0.05) is 28.6 Å². The van der Waals surface area contributed by atoms with E-state index in [-0.39, 0.29) is 17.7 Å². The molecule has 0 spiro atoms. The molecule has 0 aliphatic carbocycles. The van der Waals surface area contributed by atoms with Crippen LogP contribution in [-0.2, 0) is 9.59 Å². The van der Waals surface area contributed by atoms with Crippen molar-refractivity contribution in [2.75, 3.05) is 0 Å². The van der Waals surface area contributed by atoms with Crippen LogP contribution in [0.3, 0.4) is 0 Å². The van der Waals surface area contributed by atoms with Crippen molar-refractivity contribution < 1.29 is 24.2 Å². The number of amides is 1. The van der Waals surface area contributed by atoms with Crippen molar-refractivity contribution in [3.63, 3.8) is 0 Å². The zero-order chi connectivity index (χ0) is 16.0. The van der Waals surface area contributed by atoms with Gasteiger partial charge in [-0.25, -0.2) is 4.79 Å². The van der Waals surface area contributed by atoms with Crippen molar-refractivity contribution in [1.29, 1.82) is 0 Å². The van der Waals surface area contributed by atoms with Crippen LogP contribution in [0.25, 0.3) is 0 Å². The van der Waals surface area contributed by atoms with Crippen LogP contribution in [0.4, 0.5) is 0 Å². The largest absolute Gasteiger partial charge is 0.480 e. The molecule has 1 amide bonds. The maximum atomic E-state index is 12.0. The first-order chi connectivity index (χ1) is 9.79. The third kappa shape index (κ3) is 5.78. The lowest BCUT2D eigenvalue weighted by Crippen LogP contribution is -2.40. The first-order valence-electron chi connectivity index (χ1n) is 5.95. The Morgan fingerprint density at radius 2 is 2.10 bits per heavy atom.